The van der Waals surface area contributed by atoms with Crippen molar-refractivity contribution in [3.8, 4) is 0 Å². The van der Waals surface area contributed by atoms with E-state index in [2.05, 4.69) is 27.4 Å². The lowest BCUT2D eigenvalue weighted by Gasteiger charge is -2.26. The van der Waals surface area contributed by atoms with Crippen LogP contribution in [0.1, 0.15) is 30.5 Å². The van der Waals surface area contributed by atoms with Crippen molar-refractivity contribution in [1.29, 1.82) is 0 Å². The normalized spacial score (nSPS) is 15.5. The van der Waals surface area contributed by atoms with Crippen LogP contribution in [0.5, 0.6) is 0 Å². The molecule has 5 heteroatoms. The van der Waals surface area contributed by atoms with E-state index in [1.165, 1.54) is 37.9 Å². The number of piperidine rings is 1. The fourth-order valence-electron chi connectivity index (χ4n) is 2.97. The van der Waals surface area contributed by atoms with Crippen molar-refractivity contribution in [2.75, 3.05) is 18.4 Å². The minimum Gasteiger partial charge on any atom is -0.324 e. The zero-order valence-corrected chi connectivity index (χ0v) is 13.7. The molecule has 0 unspecified atom stereocenters. The fraction of sp³-hybridized carbons (Fsp3) is 0.444. The van der Waals surface area contributed by atoms with Gasteiger partial charge in [-0.15, -0.1) is 0 Å². The van der Waals surface area contributed by atoms with Gasteiger partial charge in [0, 0.05) is 18.4 Å². The van der Waals surface area contributed by atoms with Crippen LogP contribution in [-0.2, 0) is 17.9 Å². The van der Waals surface area contributed by atoms with Crippen LogP contribution in [0.3, 0.4) is 0 Å². The number of aryl methyl sites for hydroxylation is 1. The van der Waals surface area contributed by atoms with Crippen LogP contribution in [0, 0.1) is 6.92 Å². The zero-order valence-electron chi connectivity index (χ0n) is 13.7. The van der Waals surface area contributed by atoms with Gasteiger partial charge in [0.05, 0.1) is 5.69 Å². The van der Waals surface area contributed by atoms with Gasteiger partial charge in [0.1, 0.15) is 6.54 Å². The number of nitrogens with zero attached hydrogens (tertiary/aromatic N) is 3. The van der Waals surface area contributed by atoms with Gasteiger partial charge < -0.3 is 5.32 Å². The average Bonchev–Trinajstić information content (AvgIpc) is 2.95. The Balaban J connectivity index is 1.51. The average molecular weight is 312 g/mol. The minimum absolute atomic E-state index is 0.0584. The molecule has 1 aromatic heterocycles. The molecule has 2 aromatic rings. The third-order valence-electron chi connectivity index (χ3n) is 4.17. The number of anilines is 1. The number of aromatic nitrogens is 2. The molecule has 0 bridgehead atoms. The number of carbonyl (C=O) groups is 1. The first-order chi connectivity index (χ1) is 11.2. The lowest BCUT2D eigenvalue weighted by atomic mass is 10.1. The predicted octanol–water partition coefficient (Wildman–Crippen LogP) is 2.82. The van der Waals surface area contributed by atoms with E-state index in [1.807, 2.05) is 31.3 Å². The molecule has 3 rings (SSSR count). The van der Waals surface area contributed by atoms with Crippen LogP contribution in [0.25, 0.3) is 0 Å². The highest BCUT2D eigenvalue weighted by molar-refractivity contribution is 5.90. The topological polar surface area (TPSA) is 50.2 Å². The summed E-state index contributed by atoms with van der Waals surface area (Å²) in [6, 6.07) is 10.0. The van der Waals surface area contributed by atoms with Gasteiger partial charge >= 0.3 is 0 Å². The Morgan fingerprint density at radius 3 is 2.52 bits per heavy atom. The van der Waals surface area contributed by atoms with E-state index in [0.717, 1.165) is 17.9 Å². The summed E-state index contributed by atoms with van der Waals surface area (Å²) < 4.78 is 1.65. The Hall–Kier alpha value is -2.14. The Labute approximate surface area is 137 Å². The number of nitrogens with one attached hydrogen (secondary N) is 1. The van der Waals surface area contributed by atoms with Gasteiger partial charge in [0.2, 0.25) is 5.91 Å². The van der Waals surface area contributed by atoms with Gasteiger partial charge in [-0.2, -0.15) is 5.10 Å². The Kier molecular flexibility index (Phi) is 5.08. The van der Waals surface area contributed by atoms with Crippen LogP contribution >= 0.6 is 0 Å². The third-order valence-corrected chi connectivity index (χ3v) is 4.17. The summed E-state index contributed by atoms with van der Waals surface area (Å²) in [5, 5.41) is 7.14. The number of likely N-dealkylation sites (tertiary alicyclic amines) is 1. The summed E-state index contributed by atoms with van der Waals surface area (Å²) in [5.41, 5.74) is 3.05. The second-order valence-electron chi connectivity index (χ2n) is 6.24. The molecule has 1 saturated heterocycles. The highest BCUT2D eigenvalue weighted by Gasteiger charge is 2.10. The summed E-state index contributed by atoms with van der Waals surface area (Å²) in [4.78, 5) is 14.5. The van der Waals surface area contributed by atoms with E-state index >= 15 is 0 Å². The summed E-state index contributed by atoms with van der Waals surface area (Å²) in [5.74, 6) is -0.0584. The Bertz CT molecular complexity index is 641. The smallest absolute Gasteiger partial charge is 0.246 e. The molecule has 1 aliphatic heterocycles. The van der Waals surface area contributed by atoms with Crippen molar-refractivity contribution in [2.45, 2.75) is 39.3 Å². The molecule has 122 valence electrons. The van der Waals surface area contributed by atoms with E-state index in [1.54, 1.807) is 4.68 Å². The van der Waals surface area contributed by atoms with E-state index < -0.39 is 0 Å². The molecule has 1 aromatic carbocycles. The third kappa shape index (κ3) is 4.66. The fourth-order valence-corrected chi connectivity index (χ4v) is 2.97. The number of hydrogen-bond donors (Lipinski definition) is 1. The molecule has 23 heavy (non-hydrogen) atoms. The molecular formula is C18H24N4O. The maximum atomic E-state index is 12.0. The summed E-state index contributed by atoms with van der Waals surface area (Å²) in [7, 11) is 0. The Morgan fingerprint density at radius 1 is 1.13 bits per heavy atom. The van der Waals surface area contributed by atoms with Crippen LogP contribution in [0.4, 0.5) is 5.69 Å². The quantitative estimate of drug-likeness (QED) is 0.923. The second-order valence-corrected chi connectivity index (χ2v) is 6.24. The number of rotatable bonds is 5. The molecule has 2 heterocycles. The van der Waals surface area contributed by atoms with Gasteiger partial charge in [0.25, 0.3) is 0 Å². The monoisotopic (exact) mass is 312 g/mol. The van der Waals surface area contributed by atoms with Crippen molar-refractivity contribution >= 4 is 11.6 Å². The number of benzene rings is 1. The first kappa shape index (κ1) is 15.7. The lowest BCUT2D eigenvalue weighted by Crippen LogP contribution is -2.29. The second kappa shape index (κ2) is 7.42. The number of amides is 1. The van der Waals surface area contributed by atoms with E-state index in [-0.39, 0.29) is 12.5 Å². The molecule has 0 atom stereocenters. The standard InChI is InChI=1S/C18H24N4O/c1-15-9-12-22(20-15)14-18(23)19-17-7-5-16(6-8-17)13-21-10-3-2-4-11-21/h5-9,12H,2-4,10-11,13-14H2,1H3,(H,19,23). The summed E-state index contributed by atoms with van der Waals surface area (Å²) in [6.07, 6.45) is 5.79. The van der Waals surface area contributed by atoms with Crippen molar-refractivity contribution < 1.29 is 4.79 Å². The Morgan fingerprint density at radius 2 is 1.87 bits per heavy atom. The summed E-state index contributed by atoms with van der Waals surface area (Å²) >= 11 is 0. The number of carbonyl (C=O) groups excluding carboxylic acids is 1. The molecule has 0 aliphatic carbocycles. The molecule has 1 N–H and O–H groups in total. The van der Waals surface area contributed by atoms with Crippen molar-refractivity contribution in [2.24, 2.45) is 0 Å². The first-order valence-corrected chi connectivity index (χ1v) is 8.30. The van der Waals surface area contributed by atoms with Crippen molar-refractivity contribution in [3.63, 3.8) is 0 Å². The molecule has 1 aliphatic rings. The van der Waals surface area contributed by atoms with Crippen LogP contribution < -0.4 is 5.32 Å². The van der Waals surface area contributed by atoms with Gasteiger partial charge in [-0.05, 0) is 56.6 Å². The molecule has 0 radical (unpaired) electrons. The van der Waals surface area contributed by atoms with Gasteiger partial charge in [-0.1, -0.05) is 18.6 Å². The minimum atomic E-state index is -0.0584. The SMILES string of the molecule is Cc1ccn(CC(=O)Nc2ccc(CN3CCCCC3)cc2)n1. The number of hydrogen-bond acceptors (Lipinski definition) is 3. The molecule has 0 spiro atoms. The molecule has 1 fully saturated rings. The van der Waals surface area contributed by atoms with E-state index in [0.29, 0.717) is 0 Å². The van der Waals surface area contributed by atoms with E-state index in [4.69, 9.17) is 0 Å². The van der Waals surface area contributed by atoms with Crippen molar-refractivity contribution in [1.82, 2.24) is 14.7 Å². The summed E-state index contributed by atoms with van der Waals surface area (Å²) in [6.45, 7) is 5.54. The zero-order chi connectivity index (χ0) is 16.1. The maximum Gasteiger partial charge on any atom is 0.246 e. The maximum absolute atomic E-state index is 12.0. The van der Waals surface area contributed by atoms with Gasteiger partial charge in [-0.3, -0.25) is 14.4 Å². The van der Waals surface area contributed by atoms with Gasteiger partial charge in [-0.25, -0.2) is 0 Å². The van der Waals surface area contributed by atoms with E-state index in [9.17, 15) is 4.79 Å². The first-order valence-electron chi connectivity index (χ1n) is 8.30. The van der Waals surface area contributed by atoms with Crippen molar-refractivity contribution in [3.05, 3.63) is 47.8 Å². The molecule has 5 nitrogen and oxygen atoms in total. The van der Waals surface area contributed by atoms with Crippen LogP contribution in [0.15, 0.2) is 36.5 Å². The van der Waals surface area contributed by atoms with Crippen LogP contribution in [0.2, 0.25) is 0 Å². The highest BCUT2D eigenvalue weighted by atomic mass is 16.2. The van der Waals surface area contributed by atoms with Crippen LogP contribution in [-0.4, -0.2) is 33.7 Å². The largest absolute Gasteiger partial charge is 0.324 e. The predicted molar refractivity (Wildman–Crippen MR) is 91.2 cm³/mol. The molecule has 0 saturated carbocycles. The lowest BCUT2D eigenvalue weighted by molar-refractivity contribution is -0.116. The van der Waals surface area contributed by atoms with Gasteiger partial charge in [0.15, 0.2) is 0 Å². The molecule has 1 amide bonds. The highest BCUT2D eigenvalue weighted by Crippen LogP contribution is 2.15. The molecular weight excluding hydrogens is 288 g/mol.